The largest absolute Gasteiger partial charge is 0.394 e. The lowest BCUT2D eigenvalue weighted by atomic mass is 10.2. The molecule has 2 N–H and O–H groups in total. The molecule has 2 fully saturated rings. The number of hydrogen-bond donors (Lipinski definition) is 2. The van der Waals surface area contributed by atoms with Crippen LogP contribution >= 0.6 is 0 Å². The fraction of sp³-hybridized carbons (Fsp3) is 0.692. The molecule has 5 heteroatoms. The third-order valence-electron chi connectivity index (χ3n) is 3.98. The lowest BCUT2D eigenvalue weighted by molar-refractivity contribution is 0.266. The van der Waals surface area contributed by atoms with Gasteiger partial charge in [0.05, 0.1) is 12.6 Å². The second kappa shape index (κ2) is 4.72. The molecule has 2 aliphatic rings. The van der Waals surface area contributed by atoms with Crippen LogP contribution in [0, 0.1) is 5.92 Å². The van der Waals surface area contributed by atoms with Gasteiger partial charge in [-0.2, -0.15) is 0 Å². The Labute approximate surface area is 107 Å². The Morgan fingerprint density at radius 1 is 1.50 bits per heavy atom. The predicted molar refractivity (Wildman–Crippen MR) is 70.7 cm³/mol. The van der Waals surface area contributed by atoms with Crippen LogP contribution in [-0.4, -0.2) is 40.3 Å². The molecule has 1 aromatic heterocycles. The Hall–Kier alpha value is -1.36. The minimum Gasteiger partial charge on any atom is -0.394 e. The van der Waals surface area contributed by atoms with E-state index in [2.05, 4.69) is 27.1 Å². The fourth-order valence-corrected chi connectivity index (χ4v) is 2.62. The Morgan fingerprint density at radius 3 is 3.06 bits per heavy atom. The summed E-state index contributed by atoms with van der Waals surface area (Å²) < 4.78 is 0. The zero-order valence-corrected chi connectivity index (χ0v) is 10.7. The molecule has 1 aliphatic carbocycles. The minimum absolute atomic E-state index is 0.201. The van der Waals surface area contributed by atoms with Crippen molar-refractivity contribution in [2.75, 3.05) is 23.4 Å². The first kappa shape index (κ1) is 11.7. The van der Waals surface area contributed by atoms with Crippen LogP contribution in [-0.2, 0) is 0 Å². The maximum atomic E-state index is 9.36. The third kappa shape index (κ3) is 2.27. The summed E-state index contributed by atoms with van der Waals surface area (Å²) in [7, 11) is 0. The molecule has 18 heavy (non-hydrogen) atoms. The van der Waals surface area contributed by atoms with Crippen LogP contribution in [0.15, 0.2) is 12.4 Å². The molecule has 0 radical (unpaired) electrons. The monoisotopic (exact) mass is 248 g/mol. The van der Waals surface area contributed by atoms with E-state index in [1.165, 1.54) is 6.42 Å². The van der Waals surface area contributed by atoms with Gasteiger partial charge in [-0.3, -0.25) is 0 Å². The lowest BCUT2D eigenvalue weighted by Crippen LogP contribution is -2.32. The summed E-state index contributed by atoms with van der Waals surface area (Å²) >= 11 is 0. The van der Waals surface area contributed by atoms with Crippen LogP contribution in [0.3, 0.4) is 0 Å². The number of aliphatic hydroxyl groups is 1. The van der Waals surface area contributed by atoms with Crippen molar-refractivity contribution in [1.82, 2.24) is 9.97 Å². The predicted octanol–water partition coefficient (Wildman–Crippen LogP) is 1.26. The molecule has 3 atom stereocenters. The molecule has 98 valence electrons. The summed E-state index contributed by atoms with van der Waals surface area (Å²) in [5, 5.41) is 12.8. The normalized spacial score (nSPS) is 30.6. The molecule has 0 amide bonds. The summed E-state index contributed by atoms with van der Waals surface area (Å²) in [5.41, 5.74) is 0. The summed E-state index contributed by atoms with van der Waals surface area (Å²) in [4.78, 5) is 10.8. The molecule has 0 aromatic carbocycles. The van der Waals surface area contributed by atoms with Gasteiger partial charge in [-0.1, -0.05) is 6.92 Å². The second-order valence-electron chi connectivity index (χ2n) is 5.40. The van der Waals surface area contributed by atoms with E-state index in [-0.39, 0.29) is 12.6 Å². The van der Waals surface area contributed by atoms with E-state index in [9.17, 15) is 5.11 Å². The van der Waals surface area contributed by atoms with Crippen molar-refractivity contribution in [2.45, 2.75) is 38.3 Å². The number of nitrogens with zero attached hydrogens (tertiary/aromatic N) is 3. The highest BCUT2D eigenvalue weighted by Crippen LogP contribution is 2.33. The number of nitrogens with one attached hydrogen (secondary N) is 1. The molecule has 1 saturated carbocycles. The fourth-order valence-electron chi connectivity index (χ4n) is 2.62. The smallest absolute Gasteiger partial charge is 0.134 e. The SMILES string of the molecule is C[C@@H]1C[C@H]1Nc1cc(N2CCC[C@@H]2CO)ncn1. The van der Waals surface area contributed by atoms with E-state index < -0.39 is 0 Å². The highest BCUT2D eigenvalue weighted by molar-refractivity contribution is 5.50. The highest BCUT2D eigenvalue weighted by atomic mass is 16.3. The first-order valence-corrected chi connectivity index (χ1v) is 6.74. The van der Waals surface area contributed by atoms with Gasteiger partial charge in [0.1, 0.15) is 18.0 Å². The third-order valence-corrected chi connectivity index (χ3v) is 3.98. The molecule has 1 saturated heterocycles. The van der Waals surface area contributed by atoms with Gasteiger partial charge in [-0.05, 0) is 25.2 Å². The van der Waals surface area contributed by atoms with Gasteiger partial charge in [0.2, 0.25) is 0 Å². The van der Waals surface area contributed by atoms with Gasteiger partial charge in [0.15, 0.2) is 0 Å². The molecule has 0 spiro atoms. The van der Waals surface area contributed by atoms with Crippen LogP contribution in [0.1, 0.15) is 26.2 Å². The average Bonchev–Trinajstić information content (AvgIpc) is 2.92. The van der Waals surface area contributed by atoms with Crippen molar-refractivity contribution in [2.24, 2.45) is 5.92 Å². The summed E-state index contributed by atoms with van der Waals surface area (Å²) in [6.07, 6.45) is 5.00. The van der Waals surface area contributed by atoms with Crippen LogP contribution in [0.2, 0.25) is 0 Å². The Morgan fingerprint density at radius 2 is 2.33 bits per heavy atom. The van der Waals surface area contributed by atoms with Gasteiger partial charge in [0, 0.05) is 18.7 Å². The van der Waals surface area contributed by atoms with Crippen molar-refractivity contribution < 1.29 is 5.11 Å². The van der Waals surface area contributed by atoms with Crippen LogP contribution in [0.4, 0.5) is 11.6 Å². The van der Waals surface area contributed by atoms with Crippen molar-refractivity contribution in [3.05, 3.63) is 12.4 Å². The lowest BCUT2D eigenvalue weighted by Gasteiger charge is -2.24. The first-order valence-electron chi connectivity index (χ1n) is 6.74. The minimum atomic E-state index is 0.201. The molecule has 0 bridgehead atoms. The zero-order valence-electron chi connectivity index (χ0n) is 10.7. The number of aliphatic hydroxyl groups excluding tert-OH is 1. The molecule has 1 aromatic rings. The van der Waals surface area contributed by atoms with Crippen molar-refractivity contribution in [3.63, 3.8) is 0 Å². The van der Waals surface area contributed by atoms with Gasteiger partial charge >= 0.3 is 0 Å². The molecular weight excluding hydrogens is 228 g/mol. The van der Waals surface area contributed by atoms with Crippen LogP contribution < -0.4 is 10.2 Å². The number of anilines is 2. The number of rotatable bonds is 4. The van der Waals surface area contributed by atoms with E-state index in [1.807, 2.05) is 6.07 Å². The second-order valence-corrected chi connectivity index (χ2v) is 5.40. The molecular formula is C13H20N4O. The van der Waals surface area contributed by atoms with E-state index in [1.54, 1.807) is 6.33 Å². The van der Waals surface area contributed by atoms with Gasteiger partial charge < -0.3 is 15.3 Å². The van der Waals surface area contributed by atoms with Crippen LogP contribution in [0.25, 0.3) is 0 Å². The molecule has 2 heterocycles. The van der Waals surface area contributed by atoms with E-state index in [0.29, 0.717) is 6.04 Å². The Bertz CT molecular complexity index is 425. The summed E-state index contributed by atoms with van der Waals surface area (Å²) in [6.45, 7) is 3.41. The van der Waals surface area contributed by atoms with E-state index in [4.69, 9.17) is 0 Å². The summed E-state index contributed by atoms with van der Waals surface area (Å²) in [6, 6.07) is 2.78. The first-order chi connectivity index (χ1) is 8.78. The quantitative estimate of drug-likeness (QED) is 0.840. The average molecular weight is 248 g/mol. The molecule has 5 nitrogen and oxygen atoms in total. The van der Waals surface area contributed by atoms with E-state index >= 15 is 0 Å². The number of aromatic nitrogens is 2. The Kier molecular flexibility index (Phi) is 3.07. The van der Waals surface area contributed by atoms with Crippen molar-refractivity contribution >= 4 is 11.6 Å². The van der Waals surface area contributed by atoms with Crippen LogP contribution in [0.5, 0.6) is 0 Å². The zero-order chi connectivity index (χ0) is 12.5. The highest BCUT2D eigenvalue weighted by Gasteiger charge is 2.33. The van der Waals surface area contributed by atoms with Crippen molar-refractivity contribution in [1.29, 1.82) is 0 Å². The maximum Gasteiger partial charge on any atom is 0.134 e. The van der Waals surface area contributed by atoms with Gasteiger partial charge in [-0.15, -0.1) is 0 Å². The molecule has 0 unspecified atom stereocenters. The summed E-state index contributed by atoms with van der Waals surface area (Å²) in [5.74, 6) is 2.58. The van der Waals surface area contributed by atoms with Gasteiger partial charge in [-0.25, -0.2) is 9.97 Å². The Balaban J connectivity index is 1.73. The standard InChI is InChI=1S/C13H20N4O/c1-9-5-11(9)16-12-6-13(15-8-14-12)17-4-2-3-10(17)7-18/h6,8-11,18H,2-5,7H2,1H3,(H,14,15,16)/t9-,10-,11-/m1/s1. The maximum absolute atomic E-state index is 9.36. The number of hydrogen-bond acceptors (Lipinski definition) is 5. The van der Waals surface area contributed by atoms with E-state index in [0.717, 1.165) is 36.9 Å². The topological polar surface area (TPSA) is 61.3 Å². The molecule has 3 rings (SSSR count). The van der Waals surface area contributed by atoms with Gasteiger partial charge in [0.25, 0.3) is 0 Å². The van der Waals surface area contributed by atoms with Crippen molar-refractivity contribution in [3.8, 4) is 0 Å². The molecule has 1 aliphatic heterocycles.